The highest BCUT2D eigenvalue weighted by Crippen LogP contribution is 2.20. The third-order valence-corrected chi connectivity index (χ3v) is 2.21. The van der Waals surface area contributed by atoms with Crippen molar-refractivity contribution in [2.45, 2.75) is 13.3 Å². The van der Waals surface area contributed by atoms with Gasteiger partial charge in [-0.05, 0) is 18.6 Å². The maximum absolute atomic E-state index is 11.0. The SMILES string of the molecule is Cc1cccc(O)c1CC(=O)CCl. The molecular weight excluding hydrogens is 188 g/mol. The monoisotopic (exact) mass is 198 g/mol. The number of hydrogen-bond acceptors (Lipinski definition) is 2. The average molecular weight is 199 g/mol. The van der Waals surface area contributed by atoms with Gasteiger partial charge in [-0.15, -0.1) is 11.6 Å². The lowest BCUT2D eigenvalue weighted by Gasteiger charge is -2.05. The average Bonchev–Trinajstić information content (AvgIpc) is 2.11. The second-order valence-electron chi connectivity index (χ2n) is 2.92. The highest BCUT2D eigenvalue weighted by atomic mass is 35.5. The van der Waals surface area contributed by atoms with E-state index in [9.17, 15) is 9.90 Å². The summed E-state index contributed by atoms with van der Waals surface area (Å²) in [6.45, 7) is 1.86. The zero-order valence-corrected chi connectivity index (χ0v) is 8.14. The van der Waals surface area contributed by atoms with E-state index in [0.717, 1.165) is 5.56 Å². The summed E-state index contributed by atoms with van der Waals surface area (Å²) >= 11 is 5.38. The van der Waals surface area contributed by atoms with Crippen molar-refractivity contribution in [1.29, 1.82) is 0 Å². The van der Waals surface area contributed by atoms with Crippen LogP contribution in [0.25, 0.3) is 0 Å². The lowest BCUT2D eigenvalue weighted by Crippen LogP contribution is -2.05. The maximum Gasteiger partial charge on any atom is 0.152 e. The molecule has 1 aromatic carbocycles. The summed E-state index contributed by atoms with van der Waals surface area (Å²) in [7, 11) is 0. The maximum atomic E-state index is 11.0. The molecular formula is C10H11ClO2. The Hall–Kier alpha value is -1.02. The zero-order chi connectivity index (χ0) is 9.84. The third-order valence-electron chi connectivity index (χ3n) is 1.91. The molecule has 0 aliphatic heterocycles. The summed E-state index contributed by atoms with van der Waals surface area (Å²) < 4.78 is 0. The molecule has 0 heterocycles. The Kier molecular flexibility index (Phi) is 3.32. The summed E-state index contributed by atoms with van der Waals surface area (Å²) in [5.41, 5.74) is 1.59. The van der Waals surface area contributed by atoms with Crippen LogP contribution in [0.1, 0.15) is 11.1 Å². The number of carbonyl (C=O) groups excluding carboxylic acids is 1. The van der Waals surface area contributed by atoms with E-state index in [1.807, 2.05) is 13.0 Å². The lowest BCUT2D eigenvalue weighted by atomic mass is 10.0. The van der Waals surface area contributed by atoms with Crippen LogP contribution in [0, 0.1) is 6.92 Å². The molecule has 0 aliphatic carbocycles. The van der Waals surface area contributed by atoms with E-state index in [2.05, 4.69) is 0 Å². The highest BCUT2D eigenvalue weighted by molar-refractivity contribution is 6.27. The second-order valence-corrected chi connectivity index (χ2v) is 3.19. The topological polar surface area (TPSA) is 37.3 Å². The molecule has 0 spiro atoms. The first-order valence-corrected chi connectivity index (χ1v) is 4.53. The normalized spacial score (nSPS) is 10.0. The van der Waals surface area contributed by atoms with Gasteiger partial charge in [-0.2, -0.15) is 0 Å². The Morgan fingerprint density at radius 3 is 2.77 bits per heavy atom. The zero-order valence-electron chi connectivity index (χ0n) is 7.38. The van der Waals surface area contributed by atoms with Gasteiger partial charge < -0.3 is 5.11 Å². The number of benzene rings is 1. The minimum Gasteiger partial charge on any atom is -0.508 e. The molecule has 0 radical (unpaired) electrons. The smallest absolute Gasteiger partial charge is 0.152 e. The van der Waals surface area contributed by atoms with Gasteiger partial charge in [0.15, 0.2) is 5.78 Å². The number of halogens is 1. The van der Waals surface area contributed by atoms with Gasteiger partial charge in [0.1, 0.15) is 5.75 Å². The van der Waals surface area contributed by atoms with Gasteiger partial charge in [0.2, 0.25) is 0 Å². The molecule has 70 valence electrons. The number of aryl methyl sites for hydroxylation is 1. The number of phenols is 1. The summed E-state index contributed by atoms with van der Waals surface area (Å²) in [6.07, 6.45) is 0.210. The van der Waals surface area contributed by atoms with Crippen molar-refractivity contribution in [1.82, 2.24) is 0 Å². The Morgan fingerprint density at radius 2 is 2.23 bits per heavy atom. The van der Waals surface area contributed by atoms with Crippen molar-refractivity contribution < 1.29 is 9.90 Å². The van der Waals surface area contributed by atoms with Crippen LogP contribution in [0.2, 0.25) is 0 Å². The molecule has 3 heteroatoms. The van der Waals surface area contributed by atoms with Crippen LogP contribution in [0.3, 0.4) is 0 Å². The van der Waals surface area contributed by atoms with Gasteiger partial charge in [0, 0.05) is 12.0 Å². The fraction of sp³-hybridized carbons (Fsp3) is 0.300. The van der Waals surface area contributed by atoms with Crippen LogP contribution in [0.5, 0.6) is 5.75 Å². The summed E-state index contributed by atoms with van der Waals surface area (Å²) in [6, 6.07) is 5.18. The quantitative estimate of drug-likeness (QED) is 0.755. The van der Waals surface area contributed by atoms with Crippen molar-refractivity contribution in [3.63, 3.8) is 0 Å². The third kappa shape index (κ3) is 2.46. The first-order chi connectivity index (χ1) is 6.15. The summed E-state index contributed by atoms with van der Waals surface area (Å²) in [5, 5.41) is 9.44. The molecule has 1 rings (SSSR count). The van der Waals surface area contributed by atoms with E-state index in [1.165, 1.54) is 0 Å². The Bertz CT molecular complexity index is 300. The van der Waals surface area contributed by atoms with Gasteiger partial charge in [-0.3, -0.25) is 4.79 Å². The van der Waals surface area contributed by atoms with E-state index >= 15 is 0 Å². The number of rotatable bonds is 3. The molecule has 0 atom stereocenters. The fourth-order valence-corrected chi connectivity index (χ4v) is 1.26. The molecule has 0 bridgehead atoms. The number of aromatic hydroxyl groups is 1. The van der Waals surface area contributed by atoms with Crippen molar-refractivity contribution >= 4 is 17.4 Å². The molecule has 0 aliphatic rings. The molecule has 0 fully saturated rings. The number of phenolic OH excluding ortho intramolecular Hbond substituents is 1. The van der Waals surface area contributed by atoms with Gasteiger partial charge >= 0.3 is 0 Å². The molecule has 13 heavy (non-hydrogen) atoms. The minimum absolute atomic E-state index is 0.00618. The predicted molar refractivity (Wildman–Crippen MR) is 52.3 cm³/mol. The first kappa shape index (κ1) is 10.1. The van der Waals surface area contributed by atoms with Crippen molar-refractivity contribution in [3.8, 4) is 5.75 Å². The van der Waals surface area contributed by atoms with Crippen LogP contribution in [-0.2, 0) is 11.2 Å². The number of hydrogen-bond donors (Lipinski definition) is 1. The Morgan fingerprint density at radius 1 is 1.54 bits per heavy atom. The van der Waals surface area contributed by atoms with Crippen LogP contribution in [-0.4, -0.2) is 16.8 Å². The van der Waals surface area contributed by atoms with Crippen LogP contribution >= 0.6 is 11.6 Å². The van der Waals surface area contributed by atoms with E-state index in [-0.39, 0.29) is 23.8 Å². The fourth-order valence-electron chi connectivity index (χ4n) is 1.16. The van der Waals surface area contributed by atoms with Crippen LogP contribution in [0.4, 0.5) is 0 Å². The van der Waals surface area contributed by atoms with Crippen LogP contribution < -0.4 is 0 Å². The lowest BCUT2D eigenvalue weighted by molar-refractivity contribution is -0.116. The number of ketones is 1. The van der Waals surface area contributed by atoms with Gasteiger partial charge in [-0.1, -0.05) is 12.1 Å². The molecule has 0 amide bonds. The summed E-state index contributed by atoms with van der Waals surface area (Å²) in [4.78, 5) is 11.0. The van der Waals surface area contributed by atoms with Gasteiger partial charge in [-0.25, -0.2) is 0 Å². The molecule has 0 saturated carbocycles. The van der Waals surface area contributed by atoms with Crippen molar-refractivity contribution in [3.05, 3.63) is 29.3 Å². The Balaban J connectivity index is 2.93. The van der Waals surface area contributed by atoms with E-state index in [4.69, 9.17) is 11.6 Å². The molecule has 1 aromatic rings. The van der Waals surface area contributed by atoms with Crippen molar-refractivity contribution in [2.75, 3.05) is 5.88 Å². The summed E-state index contributed by atoms with van der Waals surface area (Å²) in [5.74, 6) is 0.0815. The number of alkyl halides is 1. The van der Waals surface area contributed by atoms with Gasteiger partial charge in [0.25, 0.3) is 0 Å². The van der Waals surface area contributed by atoms with Gasteiger partial charge in [0.05, 0.1) is 5.88 Å². The predicted octanol–water partition coefficient (Wildman–Crippen LogP) is 2.05. The molecule has 0 saturated heterocycles. The molecule has 2 nitrogen and oxygen atoms in total. The molecule has 0 unspecified atom stereocenters. The molecule has 1 N–H and O–H groups in total. The van der Waals surface area contributed by atoms with Crippen molar-refractivity contribution in [2.24, 2.45) is 0 Å². The molecule has 0 aromatic heterocycles. The number of Topliss-reactive ketones (excluding diaryl/α,β-unsaturated/α-hetero) is 1. The van der Waals surface area contributed by atoms with E-state index in [1.54, 1.807) is 12.1 Å². The van der Waals surface area contributed by atoms with E-state index < -0.39 is 0 Å². The van der Waals surface area contributed by atoms with E-state index in [0.29, 0.717) is 5.56 Å². The number of carbonyl (C=O) groups is 1. The highest BCUT2D eigenvalue weighted by Gasteiger charge is 2.08. The Labute approximate surface area is 82.2 Å². The van der Waals surface area contributed by atoms with Crippen LogP contribution in [0.15, 0.2) is 18.2 Å². The largest absolute Gasteiger partial charge is 0.508 e. The first-order valence-electron chi connectivity index (χ1n) is 4.00. The minimum atomic E-state index is -0.0775. The standard InChI is InChI=1S/C10H11ClO2/c1-7-3-2-4-10(13)9(7)5-8(12)6-11/h2-4,13H,5-6H2,1H3. The second kappa shape index (κ2) is 4.28.